The predicted molar refractivity (Wildman–Crippen MR) is 79.5 cm³/mol. The van der Waals surface area contributed by atoms with Gasteiger partial charge in [-0.25, -0.2) is 4.98 Å². The Hall–Kier alpha value is -1.01. The zero-order chi connectivity index (χ0) is 13.7. The van der Waals surface area contributed by atoms with Crippen LogP contribution in [0.1, 0.15) is 24.3 Å². The van der Waals surface area contributed by atoms with Crippen molar-refractivity contribution >= 4 is 39.0 Å². The molecule has 0 saturated heterocycles. The number of thiocarbonyl (C=S) groups is 1. The molecule has 0 radical (unpaired) electrons. The van der Waals surface area contributed by atoms with Crippen molar-refractivity contribution in [3.8, 4) is 0 Å². The molecule has 0 aromatic carbocycles. The molecule has 1 rings (SSSR count). The minimum absolute atomic E-state index is 0.00797. The summed E-state index contributed by atoms with van der Waals surface area (Å²) < 4.78 is 0.691. The van der Waals surface area contributed by atoms with Gasteiger partial charge in [0, 0.05) is 29.7 Å². The number of carbonyl (C=O) groups excluding carboxylic acids is 1. The molecule has 2 N–H and O–H groups in total. The van der Waals surface area contributed by atoms with E-state index in [4.69, 9.17) is 18.0 Å². The maximum absolute atomic E-state index is 12.3. The van der Waals surface area contributed by atoms with Crippen LogP contribution in [0.2, 0.25) is 0 Å². The van der Waals surface area contributed by atoms with E-state index in [9.17, 15) is 4.79 Å². The van der Waals surface area contributed by atoms with Crippen LogP contribution >= 0.6 is 28.1 Å². The summed E-state index contributed by atoms with van der Waals surface area (Å²) in [5.74, 6) is -0.125. The van der Waals surface area contributed by atoms with E-state index in [1.807, 2.05) is 13.8 Å². The number of halogens is 1. The number of hydrogen-bond acceptors (Lipinski definition) is 3. The highest BCUT2D eigenvalue weighted by atomic mass is 79.9. The fourth-order valence-electron chi connectivity index (χ4n) is 1.47. The van der Waals surface area contributed by atoms with Crippen LogP contribution in [-0.2, 0) is 0 Å². The van der Waals surface area contributed by atoms with E-state index in [1.165, 1.54) is 0 Å². The average Bonchev–Trinajstić information content (AvgIpc) is 2.35. The maximum Gasteiger partial charge on any atom is 0.273 e. The molecule has 18 heavy (non-hydrogen) atoms. The lowest BCUT2D eigenvalue weighted by molar-refractivity contribution is 0.0748. The molecule has 0 bridgehead atoms. The molecule has 1 atom stereocenters. The molecule has 1 heterocycles. The lowest BCUT2D eigenvalue weighted by atomic mass is 10.1. The van der Waals surface area contributed by atoms with Crippen LogP contribution in [-0.4, -0.2) is 33.9 Å². The van der Waals surface area contributed by atoms with Gasteiger partial charge < -0.3 is 10.6 Å². The first-order chi connectivity index (χ1) is 8.47. The number of rotatable bonds is 5. The third kappa shape index (κ3) is 3.74. The molecule has 0 saturated carbocycles. The fraction of sp³-hybridized carbons (Fsp3) is 0.417. The van der Waals surface area contributed by atoms with Gasteiger partial charge in [0.15, 0.2) is 0 Å². The van der Waals surface area contributed by atoms with Gasteiger partial charge in [-0.1, -0.05) is 19.1 Å². The Morgan fingerprint density at radius 3 is 2.83 bits per heavy atom. The zero-order valence-electron chi connectivity index (χ0n) is 10.4. The first kappa shape index (κ1) is 15.0. The fourth-order valence-corrected chi connectivity index (χ4v) is 1.97. The second kappa shape index (κ2) is 6.80. The summed E-state index contributed by atoms with van der Waals surface area (Å²) in [6, 6.07) is 3.57. The van der Waals surface area contributed by atoms with E-state index in [0.29, 0.717) is 28.2 Å². The van der Waals surface area contributed by atoms with E-state index < -0.39 is 0 Å². The molecule has 1 amide bonds. The molecule has 0 aliphatic carbocycles. The van der Waals surface area contributed by atoms with Gasteiger partial charge in [-0.15, -0.1) is 0 Å². The van der Waals surface area contributed by atoms with Crippen molar-refractivity contribution in [2.24, 2.45) is 11.7 Å². The van der Waals surface area contributed by atoms with Gasteiger partial charge in [0.1, 0.15) is 5.69 Å². The van der Waals surface area contributed by atoms with E-state index in [2.05, 4.69) is 20.9 Å². The van der Waals surface area contributed by atoms with E-state index >= 15 is 0 Å². The third-order valence-corrected chi connectivity index (χ3v) is 3.65. The molecule has 6 heteroatoms. The molecule has 1 aromatic heterocycles. The first-order valence-corrected chi connectivity index (χ1v) is 6.86. The number of pyridine rings is 1. The number of hydrogen-bond donors (Lipinski definition) is 1. The average molecular weight is 330 g/mol. The van der Waals surface area contributed by atoms with Gasteiger partial charge >= 0.3 is 0 Å². The maximum atomic E-state index is 12.3. The third-order valence-electron chi connectivity index (χ3n) is 2.61. The molecule has 1 aromatic rings. The molecule has 0 spiro atoms. The molecule has 4 nitrogen and oxygen atoms in total. The van der Waals surface area contributed by atoms with Gasteiger partial charge in [0.25, 0.3) is 5.91 Å². The van der Waals surface area contributed by atoms with Crippen LogP contribution < -0.4 is 5.73 Å². The number of aromatic nitrogens is 1. The summed E-state index contributed by atoms with van der Waals surface area (Å²) in [4.78, 5) is 18.5. The van der Waals surface area contributed by atoms with E-state index in [1.54, 1.807) is 23.2 Å². The molecular formula is C12H16BrN3OS. The molecule has 0 fully saturated rings. The first-order valence-electron chi connectivity index (χ1n) is 5.66. The van der Waals surface area contributed by atoms with Crippen LogP contribution in [0.15, 0.2) is 22.8 Å². The number of carbonyl (C=O) groups is 1. The summed E-state index contributed by atoms with van der Waals surface area (Å²) in [6.45, 7) is 4.93. The van der Waals surface area contributed by atoms with Crippen LogP contribution in [0, 0.1) is 5.92 Å². The molecule has 0 aliphatic heterocycles. The van der Waals surface area contributed by atoms with Crippen molar-refractivity contribution in [1.82, 2.24) is 9.88 Å². The van der Waals surface area contributed by atoms with Crippen molar-refractivity contribution in [3.05, 3.63) is 28.5 Å². The largest absolute Gasteiger partial charge is 0.393 e. The Bertz CT molecular complexity index is 453. The smallest absolute Gasteiger partial charge is 0.273 e. The Morgan fingerprint density at radius 1 is 1.67 bits per heavy atom. The molecule has 1 unspecified atom stereocenters. The monoisotopic (exact) mass is 329 g/mol. The van der Waals surface area contributed by atoms with Crippen LogP contribution in [0.25, 0.3) is 0 Å². The highest BCUT2D eigenvalue weighted by Gasteiger charge is 2.20. The summed E-state index contributed by atoms with van der Waals surface area (Å²) in [6.07, 6.45) is 1.60. The lowest BCUT2D eigenvalue weighted by Gasteiger charge is -2.24. The SMILES string of the molecule is CCN(CC(C)C(N)=S)C(=O)c1ncccc1Br. The predicted octanol–water partition coefficient (Wildman–Crippen LogP) is 2.23. The van der Waals surface area contributed by atoms with E-state index in [0.717, 1.165) is 0 Å². The normalized spacial score (nSPS) is 11.9. The van der Waals surface area contributed by atoms with E-state index in [-0.39, 0.29) is 11.8 Å². The van der Waals surface area contributed by atoms with Gasteiger partial charge in [0.2, 0.25) is 0 Å². The van der Waals surface area contributed by atoms with Crippen molar-refractivity contribution in [3.63, 3.8) is 0 Å². The number of amides is 1. The summed E-state index contributed by atoms with van der Waals surface area (Å²) >= 11 is 8.26. The topological polar surface area (TPSA) is 59.2 Å². The van der Waals surface area contributed by atoms with Gasteiger partial charge in [0.05, 0.1) is 4.99 Å². The van der Waals surface area contributed by atoms with Crippen molar-refractivity contribution < 1.29 is 4.79 Å². The van der Waals surface area contributed by atoms with Crippen molar-refractivity contribution in [2.75, 3.05) is 13.1 Å². The molecule has 98 valence electrons. The number of nitrogens with two attached hydrogens (primary N) is 1. The van der Waals surface area contributed by atoms with Gasteiger partial charge in [-0.2, -0.15) is 0 Å². The minimum atomic E-state index is -0.118. The second-order valence-corrected chi connectivity index (χ2v) is 5.31. The molecular weight excluding hydrogens is 314 g/mol. The van der Waals surface area contributed by atoms with Crippen LogP contribution in [0.3, 0.4) is 0 Å². The highest BCUT2D eigenvalue weighted by molar-refractivity contribution is 9.10. The summed E-state index contributed by atoms with van der Waals surface area (Å²) in [5, 5.41) is 0. The number of nitrogens with zero attached hydrogens (tertiary/aromatic N) is 2. The zero-order valence-corrected chi connectivity index (χ0v) is 12.8. The Morgan fingerprint density at radius 2 is 2.33 bits per heavy atom. The standard InChI is InChI=1S/C12H16BrN3OS/c1-3-16(7-8(2)11(14)18)12(17)10-9(13)5-4-6-15-10/h4-6,8H,3,7H2,1-2H3,(H2,14,18). The van der Waals surface area contributed by atoms with Gasteiger partial charge in [-0.05, 0) is 35.0 Å². The van der Waals surface area contributed by atoms with Crippen LogP contribution in [0.4, 0.5) is 0 Å². The van der Waals surface area contributed by atoms with Gasteiger partial charge in [-0.3, -0.25) is 4.79 Å². The minimum Gasteiger partial charge on any atom is -0.393 e. The highest BCUT2D eigenvalue weighted by Crippen LogP contribution is 2.16. The lowest BCUT2D eigenvalue weighted by Crippen LogP contribution is -2.38. The second-order valence-electron chi connectivity index (χ2n) is 3.98. The van der Waals surface area contributed by atoms with Crippen molar-refractivity contribution in [2.45, 2.75) is 13.8 Å². The molecule has 0 aliphatic rings. The Balaban J connectivity index is 2.86. The van der Waals surface area contributed by atoms with Crippen LogP contribution in [0.5, 0.6) is 0 Å². The quantitative estimate of drug-likeness (QED) is 0.841. The Labute approximate surface area is 121 Å². The summed E-state index contributed by atoms with van der Waals surface area (Å²) in [5.41, 5.74) is 5.99. The summed E-state index contributed by atoms with van der Waals surface area (Å²) in [7, 11) is 0. The Kier molecular flexibility index (Phi) is 5.68. The van der Waals surface area contributed by atoms with Crippen molar-refractivity contribution in [1.29, 1.82) is 0 Å².